The number of benzene rings is 1. The van der Waals surface area contributed by atoms with Crippen molar-refractivity contribution in [2.45, 2.75) is 26.6 Å². The van der Waals surface area contributed by atoms with Crippen molar-refractivity contribution in [1.82, 2.24) is 20.4 Å². The van der Waals surface area contributed by atoms with E-state index in [1.165, 1.54) is 16.2 Å². The maximum atomic E-state index is 14.9. The lowest BCUT2D eigenvalue weighted by atomic mass is 10.1. The van der Waals surface area contributed by atoms with Gasteiger partial charge in [0.15, 0.2) is 11.6 Å². The molecule has 3 N–H and O–H groups in total. The summed E-state index contributed by atoms with van der Waals surface area (Å²) in [5.41, 5.74) is 9.27. The molecule has 3 heterocycles. The Labute approximate surface area is 189 Å². The first kappa shape index (κ1) is 22.1. The van der Waals surface area contributed by atoms with Gasteiger partial charge in [0.2, 0.25) is 0 Å². The fourth-order valence-electron chi connectivity index (χ4n) is 3.30. The van der Waals surface area contributed by atoms with E-state index >= 15 is 0 Å². The third-order valence-electron chi connectivity index (χ3n) is 4.93. The number of nitrogens with zero attached hydrogens (tertiary/aromatic N) is 3. The second-order valence-corrected chi connectivity index (χ2v) is 8.54. The van der Waals surface area contributed by atoms with Gasteiger partial charge in [-0.1, -0.05) is 6.07 Å². The Morgan fingerprint density at radius 1 is 1.22 bits per heavy atom. The van der Waals surface area contributed by atoms with Gasteiger partial charge in [-0.15, -0.1) is 16.9 Å². The summed E-state index contributed by atoms with van der Waals surface area (Å²) in [5, 5.41) is 0.694. The summed E-state index contributed by atoms with van der Waals surface area (Å²) in [6.45, 7) is 3.72. The molecule has 0 fully saturated rings. The summed E-state index contributed by atoms with van der Waals surface area (Å²) in [5.74, 6) is -1.34. The van der Waals surface area contributed by atoms with Gasteiger partial charge in [0.1, 0.15) is 22.5 Å². The normalized spacial score (nSPS) is 13.3. The minimum Gasteiger partial charge on any atom is -0.362 e. The van der Waals surface area contributed by atoms with Crippen LogP contribution in [-0.2, 0) is 16.1 Å². The molecular formula is C21H24F2N6O2S. The van der Waals surface area contributed by atoms with Gasteiger partial charge < -0.3 is 9.64 Å². The molecular weight excluding hydrogens is 438 g/mol. The number of hydrogen-bond donors (Lipinski definition) is 3. The molecule has 0 saturated carbocycles. The molecule has 0 spiro atoms. The Bertz CT molecular complexity index is 1190. The number of likely N-dealkylation sites (N-methyl/N-ethyl adjacent to an activating group) is 1. The lowest BCUT2D eigenvalue weighted by molar-refractivity contribution is -0.140. The van der Waals surface area contributed by atoms with Crippen LogP contribution in [0.3, 0.4) is 0 Å². The van der Waals surface area contributed by atoms with Gasteiger partial charge in [-0.25, -0.2) is 18.7 Å². The highest BCUT2D eigenvalue weighted by atomic mass is 32.1. The highest BCUT2D eigenvalue weighted by molar-refractivity contribution is 7.15. The van der Waals surface area contributed by atoms with Crippen molar-refractivity contribution < 1.29 is 19.7 Å². The van der Waals surface area contributed by atoms with Crippen LogP contribution in [0.15, 0.2) is 24.3 Å². The number of halogens is 2. The predicted octanol–water partition coefficient (Wildman–Crippen LogP) is 3.96. The molecule has 2 aromatic heterocycles. The molecule has 1 amide bonds. The van der Waals surface area contributed by atoms with Gasteiger partial charge in [0.25, 0.3) is 5.91 Å². The number of ether oxygens (including phenoxy) is 1. The zero-order chi connectivity index (χ0) is 23.0. The number of carbonyl (C=O) groups is 1. The number of anilines is 2. The monoisotopic (exact) mass is 462 g/mol. The maximum Gasteiger partial charge on any atom is 0.250 e. The Kier molecular flexibility index (Phi) is 6.04. The Morgan fingerprint density at radius 2 is 1.94 bits per heavy atom. The van der Waals surface area contributed by atoms with Crippen molar-refractivity contribution in [1.29, 1.82) is 0 Å². The van der Waals surface area contributed by atoms with Crippen LogP contribution in [0, 0.1) is 18.6 Å². The van der Waals surface area contributed by atoms with Crippen molar-refractivity contribution >= 4 is 28.6 Å². The van der Waals surface area contributed by atoms with Crippen molar-refractivity contribution in [3.8, 4) is 21.8 Å². The second kappa shape index (κ2) is 8.77. The third kappa shape index (κ3) is 4.14. The Hall–Kier alpha value is -3.15. The van der Waals surface area contributed by atoms with E-state index in [4.69, 9.17) is 4.74 Å². The summed E-state index contributed by atoms with van der Waals surface area (Å²) in [7, 11) is 3.34. The zero-order valence-electron chi connectivity index (χ0n) is 17.9. The molecule has 1 aromatic carbocycles. The minimum atomic E-state index is -0.613. The molecule has 3 aromatic rings. The summed E-state index contributed by atoms with van der Waals surface area (Å²) in [4.78, 5) is 23.3. The van der Waals surface area contributed by atoms with Gasteiger partial charge in [-0.3, -0.25) is 15.6 Å². The van der Waals surface area contributed by atoms with Gasteiger partial charge in [-0.2, -0.15) is 0 Å². The highest BCUT2D eigenvalue weighted by Gasteiger charge is 2.24. The largest absolute Gasteiger partial charge is 0.362 e. The number of aryl methyl sites for hydroxylation is 1. The summed E-state index contributed by atoms with van der Waals surface area (Å²) in [6.07, 6.45) is -0.589. The van der Waals surface area contributed by atoms with E-state index in [2.05, 4.69) is 26.4 Å². The fourth-order valence-corrected chi connectivity index (χ4v) is 4.26. The maximum absolute atomic E-state index is 14.9. The lowest BCUT2D eigenvalue weighted by Crippen LogP contribution is -2.33. The third-order valence-corrected chi connectivity index (χ3v) is 6.09. The number of amides is 1. The number of hydrogen-bond acceptors (Lipinski definition) is 8. The quantitative estimate of drug-likeness (QED) is 0.511. The average Bonchev–Trinajstić information content (AvgIpc) is 3.41. The van der Waals surface area contributed by atoms with Gasteiger partial charge in [0, 0.05) is 21.1 Å². The van der Waals surface area contributed by atoms with Crippen LogP contribution in [-0.4, -0.2) is 41.0 Å². The van der Waals surface area contributed by atoms with Gasteiger partial charge in [0.05, 0.1) is 28.6 Å². The lowest BCUT2D eigenvalue weighted by Gasteiger charge is -2.16. The summed E-state index contributed by atoms with van der Waals surface area (Å²) < 4.78 is 35.0. The molecule has 32 heavy (non-hydrogen) atoms. The van der Waals surface area contributed by atoms with E-state index in [-0.39, 0.29) is 30.9 Å². The van der Waals surface area contributed by atoms with Gasteiger partial charge >= 0.3 is 0 Å². The van der Waals surface area contributed by atoms with E-state index in [1.54, 1.807) is 39.2 Å². The van der Waals surface area contributed by atoms with Crippen LogP contribution in [0.1, 0.15) is 19.1 Å². The number of pyridine rings is 1. The van der Waals surface area contributed by atoms with E-state index in [0.29, 0.717) is 16.4 Å². The molecule has 4 rings (SSSR count). The molecule has 11 heteroatoms. The van der Waals surface area contributed by atoms with Crippen LogP contribution >= 0.6 is 11.3 Å². The van der Waals surface area contributed by atoms with Crippen molar-refractivity contribution in [3.63, 3.8) is 0 Å². The number of rotatable bonds is 6. The van der Waals surface area contributed by atoms with Crippen LogP contribution in [0.5, 0.6) is 0 Å². The number of nitrogens with one attached hydrogen (secondary N) is 3. The zero-order valence-corrected chi connectivity index (χ0v) is 18.7. The average molecular weight is 463 g/mol. The number of hydrazine groups is 2. The fraction of sp³-hybridized carbons (Fsp3) is 0.286. The summed E-state index contributed by atoms with van der Waals surface area (Å²) in [6, 6.07) is 6.26. The minimum absolute atomic E-state index is 0. The Morgan fingerprint density at radius 3 is 2.69 bits per heavy atom. The first-order chi connectivity index (χ1) is 15.3. The molecule has 1 atom stereocenters. The topological polar surface area (TPSA) is 91.4 Å². The van der Waals surface area contributed by atoms with E-state index in [0.717, 1.165) is 16.6 Å². The smallest absolute Gasteiger partial charge is 0.250 e. The standard InChI is InChI=1S/C21H22F2N6O2S.H2/c1-10-20(32-16(24-10)9-31-11(2)21(30)29(3)4)15-7-5-6-14(25-15)12-8-13(22)18-19(17(12)23)27-28-26-18;/h5-8,11,26-28H,9H2,1-4H3;1H. The van der Waals surface area contributed by atoms with E-state index < -0.39 is 17.7 Å². The van der Waals surface area contributed by atoms with E-state index in [9.17, 15) is 13.6 Å². The second-order valence-electron chi connectivity index (χ2n) is 7.46. The predicted molar refractivity (Wildman–Crippen MR) is 121 cm³/mol. The van der Waals surface area contributed by atoms with Crippen molar-refractivity contribution in [3.05, 3.63) is 46.6 Å². The number of carbonyl (C=O) groups excluding carboxylic acids is 1. The molecule has 1 aliphatic rings. The molecule has 0 saturated heterocycles. The Balaban J connectivity index is 0.00000306. The van der Waals surface area contributed by atoms with Crippen molar-refractivity contribution in [2.24, 2.45) is 0 Å². The molecule has 0 bridgehead atoms. The SMILES string of the molecule is Cc1nc(COC(C)C(=O)N(C)C)sc1-c1cccc(-c2cc(F)c3c(c2F)NNN3)n1.[HH]. The van der Waals surface area contributed by atoms with Crippen LogP contribution < -0.4 is 16.4 Å². The van der Waals surface area contributed by atoms with E-state index in [1.807, 2.05) is 6.92 Å². The van der Waals surface area contributed by atoms with Gasteiger partial charge in [-0.05, 0) is 32.0 Å². The first-order valence-electron chi connectivity index (χ1n) is 9.82. The molecule has 0 radical (unpaired) electrons. The molecule has 170 valence electrons. The van der Waals surface area contributed by atoms with Crippen LogP contribution in [0.4, 0.5) is 20.2 Å². The van der Waals surface area contributed by atoms with Crippen LogP contribution in [0.25, 0.3) is 21.8 Å². The highest BCUT2D eigenvalue weighted by Crippen LogP contribution is 2.38. The number of fused-ring (bicyclic) bond motifs is 1. The molecule has 8 nitrogen and oxygen atoms in total. The first-order valence-corrected chi connectivity index (χ1v) is 10.6. The molecule has 0 aliphatic carbocycles. The molecule has 1 unspecified atom stereocenters. The number of aromatic nitrogens is 2. The molecule has 1 aliphatic heterocycles. The summed E-state index contributed by atoms with van der Waals surface area (Å²) >= 11 is 1.38. The van der Waals surface area contributed by atoms with Crippen LogP contribution in [0.2, 0.25) is 0 Å². The van der Waals surface area contributed by atoms with Crippen molar-refractivity contribution in [2.75, 3.05) is 24.9 Å². The number of thiazole rings is 1.